The summed E-state index contributed by atoms with van der Waals surface area (Å²) in [5.41, 5.74) is 3.41. The Labute approximate surface area is 172 Å². The van der Waals surface area contributed by atoms with E-state index in [4.69, 9.17) is 11.6 Å². The number of aryl methyl sites for hydroxylation is 3. The van der Waals surface area contributed by atoms with E-state index in [2.05, 4.69) is 5.32 Å². The molecular formula is C21H27ClN2O3S. The number of carbonyl (C=O) groups is 1. The van der Waals surface area contributed by atoms with E-state index in [0.29, 0.717) is 23.7 Å². The molecule has 1 N–H and O–H groups in total. The number of hydrogen-bond acceptors (Lipinski definition) is 3. The maximum Gasteiger partial charge on any atom is 0.243 e. The summed E-state index contributed by atoms with van der Waals surface area (Å²) in [5.74, 6) is -0.330. The Morgan fingerprint density at radius 3 is 2.32 bits per heavy atom. The van der Waals surface area contributed by atoms with E-state index in [9.17, 15) is 13.2 Å². The van der Waals surface area contributed by atoms with E-state index in [1.165, 1.54) is 4.31 Å². The summed E-state index contributed by atoms with van der Waals surface area (Å²) in [6.07, 6.45) is 2.57. The molecule has 0 aromatic heterocycles. The molecule has 0 fully saturated rings. The third-order valence-corrected chi connectivity index (χ3v) is 6.04. The lowest BCUT2D eigenvalue weighted by Gasteiger charge is -2.28. The second-order valence-electron chi connectivity index (χ2n) is 7.07. The highest BCUT2D eigenvalue weighted by atomic mass is 35.5. The Bertz CT molecular complexity index is 924. The van der Waals surface area contributed by atoms with E-state index in [0.717, 1.165) is 29.4 Å². The number of carbonyl (C=O) groups excluding carboxylic acids is 1. The van der Waals surface area contributed by atoms with Crippen molar-refractivity contribution in [2.24, 2.45) is 0 Å². The van der Waals surface area contributed by atoms with Gasteiger partial charge in [-0.2, -0.15) is 0 Å². The molecule has 7 heteroatoms. The molecule has 0 spiro atoms. The Kier molecular flexibility index (Phi) is 7.49. The maximum atomic E-state index is 12.6. The summed E-state index contributed by atoms with van der Waals surface area (Å²) >= 11 is 6.14. The molecule has 2 aromatic rings. The molecule has 0 aliphatic carbocycles. The van der Waals surface area contributed by atoms with Crippen molar-refractivity contribution in [1.29, 1.82) is 0 Å². The highest BCUT2D eigenvalue weighted by Crippen LogP contribution is 2.24. The fourth-order valence-electron chi connectivity index (χ4n) is 3.23. The fourth-order valence-corrected chi connectivity index (χ4v) is 4.61. The largest absolute Gasteiger partial charge is 0.354 e. The van der Waals surface area contributed by atoms with Crippen LogP contribution in [0.25, 0.3) is 0 Å². The van der Waals surface area contributed by atoms with Crippen LogP contribution in [0.2, 0.25) is 5.02 Å². The maximum absolute atomic E-state index is 12.6. The molecule has 0 saturated carbocycles. The Hall–Kier alpha value is -2.05. The molecule has 1 unspecified atom stereocenters. The first-order chi connectivity index (χ1) is 13.1. The lowest BCUT2D eigenvalue weighted by Crippen LogP contribution is -2.48. The first-order valence-corrected chi connectivity index (χ1v) is 11.4. The van der Waals surface area contributed by atoms with Gasteiger partial charge in [0.1, 0.15) is 6.04 Å². The second kappa shape index (κ2) is 9.43. The number of sulfonamides is 1. The highest BCUT2D eigenvalue weighted by Gasteiger charge is 2.29. The first-order valence-electron chi connectivity index (χ1n) is 9.18. The molecule has 5 nitrogen and oxygen atoms in total. The molecule has 1 amide bonds. The quantitative estimate of drug-likeness (QED) is 0.657. The van der Waals surface area contributed by atoms with Gasteiger partial charge in [-0.15, -0.1) is 0 Å². The third-order valence-electron chi connectivity index (χ3n) is 4.43. The van der Waals surface area contributed by atoms with Crippen LogP contribution in [0.4, 0.5) is 5.69 Å². The van der Waals surface area contributed by atoms with Gasteiger partial charge in [-0.05, 0) is 68.5 Å². The molecular weight excluding hydrogens is 396 g/mol. The summed E-state index contributed by atoms with van der Waals surface area (Å²) in [6.45, 7) is 5.84. The van der Waals surface area contributed by atoms with Crippen LogP contribution < -0.4 is 9.62 Å². The minimum absolute atomic E-state index is 0.330. The van der Waals surface area contributed by atoms with Crippen molar-refractivity contribution < 1.29 is 13.2 Å². The molecule has 28 heavy (non-hydrogen) atoms. The molecule has 0 radical (unpaired) electrons. The van der Waals surface area contributed by atoms with Gasteiger partial charge in [-0.1, -0.05) is 35.9 Å². The van der Waals surface area contributed by atoms with Crippen LogP contribution in [-0.4, -0.2) is 33.2 Å². The zero-order valence-electron chi connectivity index (χ0n) is 16.7. The van der Waals surface area contributed by atoms with Crippen molar-refractivity contribution in [2.75, 3.05) is 17.1 Å². The van der Waals surface area contributed by atoms with Crippen molar-refractivity contribution in [3.05, 3.63) is 64.2 Å². The molecule has 0 heterocycles. The number of halogens is 1. The number of hydrogen-bond donors (Lipinski definition) is 1. The molecule has 0 aliphatic heterocycles. The average Bonchev–Trinajstić information content (AvgIpc) is 2.58. The summed E-state index contributed by atoms with van der Waals surface area (Å²) < 4.78 is 25.9. The smallest absolute Gasteiger partial charge is 0.243 e. The SMILES string of the molecule is Cc1cc(C)cc(N(C(C)C(=O)NCCCc2ccccc2Cl)S(C)(=O)=O)c1. The standard InChI is InChI=1S/C21H27ClN2O3S/c1-15-12-16(2)14-19(13-15)24(28(4,26)27)17(3)21(25)23-11-7-9-18-8-5-6-10-20(18)22/h5-6,8,10,12-14,17H,7,9,11H2,1-4H3,(H,23,25). The van der Waals surface area contributed by atoms with Gasteiger partial charge < -0.3 is 5.32 Å². The summed E-state index contributed by atoms with van der Waals surface area (Å²) in [7, 11) is -3.62. The van der Waals surface area contributed by atoms with Gasteiger partial charge in [-0.3, -0.25) is 9.10 Å². The zero-order valence-corrected chi connectivity index (χ0v) is 18.3. The molecule has 1 atom stereocenters. The van der Waals surface area contributed by atoms with Crippen molar-refractivity contribution in [2.45, 2.75) is 39.7 Å². The minimum atomic E-state index is -3.62. The summed E-state index contributed by atoms with van der Waals surface area (Å²) in [5, 5.41) is 3.54. The molecule has 0 bridgehead atoms. The van der Waals surface area contributed by atoms with Gasteiger partial charge in [0.05, 0.1) is 11.9 Å². The van der Waals surface area contributed by atoms with Gasteiger partial charge in [0.2, 0.25) is 15.9 Å². The monoisotopic (exact) mass is 422 g/mol. The zero-order chi connectivity index (χ0) is 20.9. The van der Waals surface area contributed by atoms with E-state index in [-0.39, 0.29) is 5.91 Å². The van der Waals surface area contributed by atoms with Crippen LogP contribution >= 0.6 is 11.6 Å². The molecule has 2 rings (SSSR count). The minimum Gasteiger partial charge on any atom is -0.354 e. The Morgan fingerprint density at radius 1 is 1.14 bits per heavy atom. The van der Waals surface area contributed by atoms with Gasteiger partial charge in [0.25, 0.3) is 0 Å². The molecule has 0 saturated heterocycles. The van der Waals surface area contributed by atoms with E-state index in [1.807, 2.05) is 44.2 Å². The number of benzene rings is 2. The number of nitrogens with zero attached hydrogens (tertiary/aromatic N) is 1. The summed E-state index contributed by atoms with van der Waals surface area (Å²) in [4.78, 5) is 12.6. The van der Waals surface area contributed by atoms with Crippen LogP contribution in [0.5, 0.6) is 0 Å². The van der Waals surface area contributed by atoms with Gasteiger partial charge in [0, 0.05) is 11.6 Å². The number of amides is 1. The van der Waals surface area contributed by atoms with Gasteiger partial charge in [-0.25, -0.2) is 8.42 Å². The normalized spacial score (nSPS) is 12.5. The lowest BCUT2D eigenvalue weighted by atomic mass is 10.1. The van der Waals surface area contributed by atoms with E-state index in [1.54, 1.807) is 19.1 Å². The van der Waals surface area contributed by atoms with Crippen molar-refractivity contribution in [1.82, 2.24) is 5.32 Å². The van der Waals surface area contributed by atoms with Crippen LogP contribution in [0.3, 0.4) is 0 Å². The number of rotatable bonds is 8. The van der Waals surface area contributed by atoms with Crippen LogP contribution in [0.1, 0.15) is 30.0 Å². The lowest BCUT2D eigenvalue weighted by molar-refractivity contribution is -0.121. The van der Waals surface area contributed by atoms with E-state index < -0.39 is 16.1 Å². The van der Waals surface area contributed by atoms with Crippen molar-refractivity contribution >= 4 is 33.2 Å². The highest BCUT2D eigenvalue weighted by molar-refractivity contribution is 7.92. The number of anilines is 1. The van der Waals surface area contributed by atoms with Gasteiger partial charge >= 0.3 is 0 Å². The second-order valence-corrected chi connectivity index (χ2v) is 9.33. The van der Waals surface area contributed by atoms with E-state index >= 15 is 0 Å². The molecule has 0 aliphatic rings. The first kappa shape index (κ1) is 22.2. The Morgan fingerprint density at radius 2 is 1.75 bits per heavy atom. The fraction of sp³-hybridized carbons (Fsp3) is 0.381. The average molecular weight is 423 g/mol. The van der Waals surface area contributed by atoms with Gasteiger partial charge in [0.15, 0.2) is 0 Å². The molecule has 152 valence electrons. The topological polar surface area (TPSA) is 66.5 Å². The molecule has 2 aromatic carbocycles. The van der Waals surface area contributed by atoms with Crippen LogP contribution in [0, 0.1) is 13.8 Å². The van der Waals surface area contributed by atoms with Crippen molar-refractivity contribution in [3.63, 3.8) is 0 Å². The van der Waals surface area contributed by atoms with Crippen LogP contribution in [-0.2, 0) is 21.2 Å². The third kappa shape index (κ3) is 5.97. The number of nitrogens with one attached hydrogen (secondary N) is 1. The predicted octanol–water partition coefficient (Wildman–Crippen LogP) is 3.86. The predicted molar refractivity (Wildman–Crippen MR) is 115 cm³/mol. The summed E-state index contributed by atoms with van der Waals surface area (Å²) in [6, 6.07) is 12.3. The van der Waals surface area contributed by atoms with Crippen molar-refractivity contribution in [3.8, 4) is 0 Å². The Balaban J connectivity index is 2.04. The van der Waals surface area contributed by atoms with Crippen LogP contribution in [0.15, 0.2) is 42.5 Å².